The first-order valence-electron chi connectivity index (χ1n) is 10.0. The number of halogens is 3. The molecule has 0 aliphatic carbocycles. The molecule has 1 aliphatic rings. The molecule has 0 bridgehead atoms. The number of hydrogen-bond acceptors (Lipinski definition) is 4. The highest BCUT2D eigenvalue weighted by atomic mass is 19.4. The van der Waals surface area contributed by atoms with Crippen LogP contribution in [0.5, 0.6) is 5.75 Å². The van der Waals surface area contributed by atoms with E-state index in [0.29, 0.717) is 5.69 Å². The minimum atomic E-state index is -4.55. The summed E-state index contributed by atoms with van der Waals surface area (Å²) in [6.07, 6.45) is -0.271. The molecule has 162 valence electrons. The van der Waals surface area contributed by atoms with Gasteiger partial charge < -0.3 is 14.6 Å². The third kappa shape index (κ3) is 4.87. The highest BCUT2D eigenvalue weighted by Crippen LogP contribution is 2.35. The SMILES string of the molecule is O=C(COc1ccccc1C(F)(F)F)Nc1ccc(-c2nnc3n2CCCCC3)cc1. The Morgan fingerprint density at radius 2 is 1.81 bits per heavy atom. The van der Waals surface area contributed by atoms with E-state index < -0.39 is 24.3 Å². The predicted octanol–water partition coefficient (Wildman–Crippen LogP) is 4.71. The fourth-order valence-corrected chi connectivity index (χ4v) is 3.57. The van der Waals surface area contributed by atoms with Crippen molar-refractivity contribution in [2.75, 3.05) is 11.9 Å². The first kappa shape index (κ1) is 20.9. The zero-order chi connectivity index (χ0) is 21.8. The lowest BCUT2D eigenvalue weighted by molar-refractivity contribution is -0.139. The number of ether oxygens (including phenoxy) is 1. The summed E-state index contributed by atoms with van der Waals surface area (Å²) in [5.74, 6) is 0.845. The van der Waals surface area contributed by atoms with E-state index in [2.05, 4.69) is 20.1 Å². The Labute approximate surface area is 177 Å². The first-order chi connectivity index (χ1) is 14.9. The standard InChI is InChI=1S/C22H21F3N4O2/c23-22(24,25)17-6-3-4-7-18(17)31-14-20(30)26-16-11-9-15(10-12-16)21-28-27-19-8-2-1-5-13-29(19)21/h3-4,6-7,9-12H,1-2,5,8,13-14H2,(H,26,30). The minimum Gasteiger partial charge on any atom is -0.483 e. The molecule has 0 saturated heterocycles. The lowest BCUT2D eigenvalue weighted by atomic mass is 10.2. The molecule has 6 nitrogen and oxygen atoms in total. The van der Waals surface area contributed by atoms with Gasteiger partial charge in [-0.3, -0.25) is 4.79 Å². The number of carbonyl (C=O) groups excluding carboxylic acids is 1. The van der Waals surface area contributed by atoms with Gasteiger partial charge in [0, 0.05) is 24.2 Å². The Bertz CT molecular complexity index is 1060. The maximum Gasteiger partial charge on any atom is 0.419 e. The molecule has 3 aromatic rings. The van der Waals surface area contributed by atoms with Gasteiger partial charge in [-0.15, -0.1) is 10.2 Å². The van der Waals surface area contributed by atoms with Gasteiger partial charge in [-0.1, -0.05) is 18.6 Å². The van der Waals surface area contributed by atoms with E-state index in [0.717, 1.165) is 49.1 Å². The van der Waals surface area contributed by atoms with Crippen LogP contribution in [0.1, 0.15) is 30.7 Å². The lowest BCUT2D eigenvalue weighted by Crippen LogP contribution is -2.21. The monoisotopic (exact) mass is 430 g/mol. The third-order valence-corrected chi connectivity index (χ3v) is 5.09. The van der Waals surface area contributed by atoms with Crippen molar-refractivity contribution < 1.29 is 22.7 Å². The number of fused-ring (bicyclic) bond motifs is 1. The number of anilines is 1. The van der Waals surface area contributed by atoms with Gasteiger partial charge in [-0.2, -0.15) is 13.2 Å². The summed E-state index contributed by atoms with van der Waals surface area (Å²) in [6.45, 7) is 0.347. The van der Waals surface area contributed by atoms with Crippen LogP contribution in [0.3, 0.4) is 0 Å². The van der Waals surface area contributed by atoms with Gasteiger partial charge in [-0.25, -0.2) is 0 Å². The molecule has 2 heterocycles. The number of aryl methyl sites for hydroxylation is 1. The number of carbonyl (C=O) groups is 1. The minimum absolute atomic E-state index is 0.381. The Morgan fingerprint density at radius 1 is 1.03 bits per heavy atom. The number of hydrogen-bond donors (Lipinski definition) is 1. The second-order valence-corrected chi connectivity index (χ2v) is 7.31. The van der Waals surface area contributed by atoms with E-state index in [9.17, 15) is 18.0 Å². The van der Waals surface area contributed by atoms with E-state index in [1.54, 1.807) is 12.1 Å². The molecule has 1 aromatic heterocycles. The smallest absolute Gasteiger partial charge is 0.419 e. The Kier molecular flexibility index (Phi) is 5.92. The van der Waals surface area contributed by atoms with Gasteiger partial charge >= 0.3 is 6.18 Å². The van der Waals surface area contributed by atoms with Crippen molar-refractivity contribution >= 4 is 11.6 Å². The van der Waals surface area contributed by atoms with Crippen LogP contribution < -0.4 is 10.1 Å². The predicted molar refractivity (Wildman–Crippen MR) is 109 cm³/mol. The average molecular weight is 430 g/mol. The Balaban J connectivity index is 1.39. The molecule has 0 fully saturated rings. The summed E-state index contributed by atoms with van der Waals surface area (Å²) in [6, 6.07) is 11.9. The molecule has 0 saturated carbocycles. The number of rotatable bonds is 5. The van der Waals surface area contributed by atoms with Crippen LogP contribution in [0.4, 0.5) is 18.9 Å². The van der Waals surface area contributed by atoms with Crippen molar-refractivity contribution in [1.29, 1.82) is 0 Å². The summed E-state index contributed by atoms with van der Waals surface area (Å²) < 4.78 is 46.3. The van der Waals surface area contributed by atoms with Crippen LogP contribution in [0.25, 0.3) is 11.4 Å². The molecular weight excluding hydrogens is 409 g/mol. The van der Waals surface area contributed by atoms with Gasteiger partial charge in [0.2, 0.25) is 0 Å². The van der Waals surface area contributed by atoms with E-state index >= 15 is 0 Å². The molecule has 0 unspecified atom stereocenters. The van der Waals surface area contributed by atoms with Crippen molar-refractivity contribution in [2.24, 2.45) is 0 Å². The maximum atomic E-state index is 13.0. The molecule has 2 aromatic carbocycles. The van der Waals surface area contributed by atoms with Gasteiger partial charge in [0.15, 0.2) is 12.4 Å². The molecule has 0 spiro atoms. The largest absolute Gasteiger partial charge is 0.483 e. The molecule has 1 aliphatic heterocycles. The van der Waals surface area contributed by atoms with Crippen molar-refractivity contribution in [3.05, 3.63) is 59.9 Å². The first-order valence-corrected chi connectivity index (χ1v) is 10.0. The number of nitrogens with one attached hydrogen (secondary N) is 1. The fourth-order valence-electron chi connectivity index (χ4n) is 3.57. The van der Waals surface area contributed by atoms with Crippen molar-refractivity contribution in [3.8, 4) is 17.1 Å². The molecule has 9 heteroatoms. The summed E-state index contributed by atoms with van der Waals surface area (Å²) in [5, 5.41) is 11.2. The summed E-state index contributed by atoms with van der Waals surface area (Å²) >= 11 is 0. The fraction of sp³-hybridized carbons (Fsp3) is 0.318. The zero-order valence-electron chi connectivity index (χ0n) is 16.7. The van der Waals surface area contributed by atoms with Crippen LogP contribution >= 0.6 is 0 Å². The van der Waals surface area contributed by atoms with Gasteiger partial charge in [0.1, 0.15) is 11.6 Å². The van der Waals surface area contributed by atoms with E-state index in [-0.39, 0.29) is 5.75 Å². The topological polar surface area (TPSA) is 69.0 Å². The Hall–Kier alpha value is -3.36. The molecule has 4 rings (SSSR count). The molecular formula is C22H21F3N4O2. The van der Waals surface area contributed by atoms with Gasteiger partial charge in [-0.05, 0) is 49.2 Å². The highest BCUT2D eigenvalue weighted by Gasteiger charge is 2.34. The van der Waals surface area contributed by atoms with E-state index in [4.69, 9.17) is 4.74 Å². The molecule has 1 N–H and O–H groups in total. The average Bonchev–Trinajstić information content (AvgIpc) is 3.00. The number of amides is 1. The number of alkyl halides is 3. The zero-order valence-corrected chi connectivity index (χ0v) is 16.7. The van der Waals surface area contributed by atoms with E-state index in [1.165, 1.54) is 24.6 Å². The molecule has 0 atom stereocenters. The van der Waals surface area contributed by atoms with E-state index in [1.807, 2.05) is 12.1 Å². The van der Waals surface area contributed by atoms with Crippen LogP contribution in [0.2, 0.25) is 0 Å². The van der Waals surface area contributed by atoms with Crippen LogP contribution in [-0.4, -0.2) is 27.3 Å². The van der Waals surface area contributed by atoms with Gasteiger partial charge in [0.05, 0.1) is 5.56 Å². The molecule has 1 amide bonds. The van der Waals surface area contributed by atoms with Crippen molar-refractivity contribution in [2.45, 2.75) is 38.4 Å². The quantitative estimate of drug-likeness (QED) is 0.637. The third-order valence-electron chi connectivity index (χ3n) is 5.09. The maximum absolute atomic E-state index is 13.0. The second-order valence-electron chi connectivity index (χ2n) is 7.31. The van der Waals surface area contributed by atoms with Crippen LogP contribution in [0.15, 0.2) is 48.5 Å². The number of nitrogens with zero attached hydrogens (tertiary/aromatic N) is 3. The Morgan fingerprint density at radius 3 is 2.58 bits per heavy atom. The highest BCUT2D eigenvalue weighted by molar-refractivity contribution is 5.92. The van der Waals surface area contributed by atoms with Gasteiger partial charge in [0.25, 0.3) is 5.91 Å². The molecule has 0 radical (unpaired) electrons. The number of aromatic nitrogens is 3. The number of benzene rings is 2. The van der Waals surface area contributed by atoms with Crippen LogP contribution in [0, 0.1) is 0 Å². The lowest BCUT2D eigenvalue weighted by Gasteiger charge is -2.13. The number of para-hydroxylation sites is 1. The normalized spacial score (nSPS) is 13.9. The second kappa shape index (κ2) is 8.79. The van der Waals surface area contributed by atoms with Crippen molar-refractivity contribution in [1.82, 2.24) is 14.8 Å². The summed E-state index contributed by atoms with van der Waals surface area (Å²) in [4.78, 5) is 12.1. The van der Waals surface area contributed by atoms with Crippen molar-refractivity contribution in [3.63, 3.8) is 0 Å². The summed E-state index contributed by atoms with van der Waals surface area (Å²) in [5.41, 5.74) is 0.477. The van der Waals surface area contributed by atoms with Crippen LogP contribution in [-0.2, 0) is 23.9 Å². The summed E-state index contributed by atoms with van der Waals surface area (Å²) in [7, 11) is 0. The molecule has 31 heavy (non-hydrogen) atoms.